The zero-order valence-corrected chi connectivity index (χ0v) is 18.4. The number of carbonyl (C=O) groups is 1. The van der Waals surface area contributed by atoms with E-state index < -0.39 is 0 Å². The third-order valence-electron chi connectivity index (χ3n) is 6.01. The van der Waals surface area contributed by atoms with E-state index in [-0.39, 0.29) is 5.91 Å². The highest BCUT2D eigenvalue weighted by molar-refractivity contribution is 7.99. The molecule has 2 saturated heterocycles. The van der Waals surface area contributed by atoms with Crippen LogP contribution in [0.2, 0.25) is 0 Å². The first-order valence-electron chi connectivity index (χ1n) is 11.0. The van der Waals surface area contributed by atoms with Crippen molar-refractivity contribution in [1.82, 2.24) is 14.8 Å². The largest absolute Gasteiger partial charge is 0.379 e. The highest BCUT2D eigenvalue weighted by Crippen LogP contribution is 2.23. The molecule has 3 heterocycles. The van der Waals surface area contributed by atoms with Gasteiger partial charge in [-0.2, -0.15) is 0 Å². The van der Waals surface area contributed by atoms with Gasteiger partial charge in [-0.1, -0.05) is 30.3 Å². The van der Waals surface area contributed by atoms with E-state index in [1.807, 2.05) is 17.0 Å². The molecule has 0 atom stereocenters. The highest BCUT2D eigenvalue weighted by Gasteiger charge is 2.24. The number of carbonyl (C=O) groups excluding carboxylic acids is 1. The summed E-state index contributed by atoms with van der Waals surface area (Å²) in [4.78, 5) is 21.8. The molecule has 0 saturated carbocycles. The van der Waals surface area contributed by atoms with Crippen molar-refractivity contribution in [2.75, 3.05) is 51.7 Å². The number of morpholine rings is 1. The Morgan fingerprint density at radius 1 is 1.03 bits per heavy atom. The second-order valence-corrected chi connectivity index (χ2v) is 9.23. The molecule has 2 aromatic rings. The molecule has 160 valence electrons. The summed E-state index contributed by atoms with van der Waals surface area (Å²) in [5, 5.41) is 0.987. The van der Waals surface area contributed by atoms with Crippen LogP contribution in [0.4, 0.5) is 0 Å². The molecule has 5 nitrogen and oxygen atoms in total. The average Bonchev–Trinajstić information content (AvgIpc) is 2.81. The Kier molecular flexibility index (Phi) is 7.78. The molecule has 0 N–H and O–H groups in total. The Hall–Kier alpha value is -1.89. The molecule has 2 aliphatic heterocycles. The summed E-state index contributed by atoms with van der Waals surface area (Å²) in [5.74, 6) is 1.79. The minimum absolute atomic E-state index is 0.116. The predicted octanol–water partition coefficient (Wildman–Crippen LogP) is 3.60. The normalized spacial score (nSPS) is 18.5. The van der Waals surface area contributed by atoms with Crippen LogP contribution in [0.3, 0.4) is 0 Å². The molecular formula is C24H31N3O2S. The van der Waals surface area contributed by atoms with Crippen molar-refractivity contribution in [3.8, 4) is 0 Å². The van der Waals surface area contributed by atoms with E-state index in [1.165, 1.54) is 5.56 Å². The smallest absolute Gasteiger partial charge is 0.255 e. The number of thioether (sulfide) groups is 1. The number of nitrogens with zero attached hydrogens (tertiary/aromatic N) is 3. The summed E-state index contributed by atoms with van der Waals surface area (Å²) < 4.78 is 5.39. The standard InChI is InChI=1S/C24H31N3O2S/c28-24(27-10-8-21(9-11-27)18-20-4-2-1-3-5-20)22-6-7-23(25-19-22)30-17-14-26-12-15-29-16-13-26/h1-7,19,21H,8-18H2. The zero-order valence-electron chi connectivity index (χ0n) is 17.5. The van der Waals surface area contributed by atoms with Gasteiger partial charge in [0.1, 0.15) is 0 Å². The van der Waals surface area contributed by atoms with E-state index in [2.05, 4.69) is 40.2 Å². The summed E-state index contributed by atoms with van der Waals surface area (Å²) in [6, 6.07) is 14.6. The summed E-state index contributed by atoms with van der Waals surface area (Å²) >= 11 is 1.75. The first-order chi connectivity index (χ1) is 14.8. The molecule has 1 aromatic heterocycles. The Bertz CT molecular complexity index is 786. The average molecular weight is 426 g/mol. The maximum Gasteiger partial charge on any atom is 0.255 e. The van der Waals surface area contributed by atoms with E-state index in [0.29, 0.717) is 11.5 Å². The fraction of sp³-hybridized carbons (Fsp3) is 0.500. The fourth-order valence-electron chi connectivity index (χ4n) is 4.17. The number of pyridine rings is 1. The van der Waals surface area contributed by atoms with Gasteiger partial charge >= 0.3 is 0 Å². The van der Waals surface area contributed by atoms with Gasteiger partial charge in [-0.25, -0.2) is 4.98 Å². The van der Waals surface area contributed by atoms with Gasteiger partial charge in [-0.15, -0.1) is 11.8 Å². The van der Waals surface area contributed by atoms with E-state index in [1.54, 1.807) is 18.0 Å². The summed E-state index contributed by atoms with van der Waals surface area (Å²) in [7, 11) is 0. The Balaban J connectivity index is 1.21. The monoisotopic (exact) mass is 425 g/mol. The van der Waals surface area contributed by atoms with Crippen LogP contribution in [0.25, 0.3) is 0 Å². The van der Waals surface area contributed by atoms with Gasteiger partial charge in [0.2, 0.25) is 0 Å². The molecule has 0 radical (unpaired) electrons. The van der Waals surface area contributed by atoms with Crippen molar-refractivity contribution < 1.29 is 9.53 Å². The molecule has 2 aliphatic rings. The number of benzene rings is 1. The molecule has 6 heteroatoms. The third kappa shape index (κ3) is 6.06. The van der Waals surface area contributed by atoms with Gasteiger partial charge in [-0.05, 0) is 42.9 Å². The first-order valence-corrected chi connectivity index (χ1v) is 12.0. The lowest BCUT2D eigenvalue weighted by Crippen LogP contribution is -2.39. The minimum Gasteiger partial charge on any atom is -0.379 e. The third-order valence-corrected chi connectivity index (χ3v) is 6.94. The number of amides is 1. The first kappa shape index (κ1) is 21.3. The molecule has 0 unspecified atom stereocenters. The van der Waals surface area contributed by atoms with Crippen molar-refractivity contribution in [3.63, 3.8) is 0 Å². The molecule has 1 amide bonds. The van der Waals surface area contributed by atoms with E-state index in [9.17, 15) is 4.79 Å². The maximum absolute atomic E-state index is 12.9. The maximum atomic E-state index is 12.9. The molecule has 0 aliphatic carbocycles. The molecule has 0 bridgehead atoms. The topological polar surface area (TPSA) is 45.7 Å². The van der Waals surface area contributed by atoms with Gasteiger partial charge in [0.15, 0.2) is 0 Å². The van der Waals surface area contributed by atoms with E-state index in [0.717, 1.165) is 76.0 Å². The predicted molar refractivity (Wildman–Crippen MR) is 121 cm³/mol. The summed E-state index contributed by atoms with van der Waals surface area (Å²) in [6.45, 7) is 6.44. The lowest BCUT2D eigenvalue weighted by molar-refractivity contribution is 0.0410. The van der Waals surface area contributed by atoms with Crippen LogP contribution in [-0.2, 0) is 11.2 Å². The van der Waals surface area contributed by atoms with Crippen molar-refractivity contribution >= 4 is 17.7 Å². The fourth-order valence-corrected chi connectivity index (χ4v) is 5.02. The lowest BCUT2D eigenvalue weighted by Gasteiger charge is -2.32. The number of hydrogen-bond donors (Lipinski definition) is 0. The number of likely N-dealkylation sites (tertiary alicyclic amines) is 1. The van der Waals surface area contributed by atoms with E-state index in [4.69, 9.17) is 4.74 Å². The van der Waals surface area contributed by atoms with Gasteiger partial charge in [0.25, 0.3) is 5.91 Å². The number of aromatic nitrogens is 1. The van der Waals surface area contributed by atoms with Crippen LogP contribution < -0.4 is 0 Å². The lowest BCUT2D eigenvalue weighted by atomic mass is 9.90. The van der Waals surface area contributed by atoms with Gasteiger partial charge in [-0.3, -0.25) is 9.69 Å². The Morgan fingerprint density at radius 2 is 1.80 bits per heavy atom. The van der Waals surface area contributed by atoms with Gasteiger partial charge < -0.3 is 9.64 Å². The number of rotatable bonds is 7. The quantitative estimate of drug-likeness (QED) is 0.635. The zero-order chi connectivity index (χ0) is 20.6. The van der Waals surface area contributed by atoms with Gasteiger partial charge in [0.05, 0.1) is 23.8 Å². The van der Waals surface area contributed by atoms with Crippen LogP contribution in [-0.4, -0.2) is 72.4 Å². The van der Waals surface area contributed by atoms with Crippen LogP contribution in [0.1, 0.15) is 28.8 Å². The molecule has 4 rings (SSSR count). The van der Waals surface area contributed by atoms with Crippen LogP contribution in [0.5, 0.6) is 0 Å². The summed E-state index contributed by atoms with van der Waals surface area (Å²) in [6.07, 6.45) is 5.00. The number of hydrogen-bond acceptors (Lipinski definition) is 5. The Morgan fingerprint density at radius 3 is 2.50 bits per heavy atom. The molecular weight excluding hydrogens is 394 g/mol. The Labute approximate surface area is 183 Å². The minimum atomic E-state index is 0.116. The molecule has 2 fully saturated rings. The number of ether oxygens (including phenoxy) is 1. The SMILES string of the molecule is O=C(c1ccc(SCCN2CCOCC2)nc1)N1CCC(Cc2ccccc2)CC1. The van der Waals surface area contributed by atoms with Crippen molar-refractivity contribution in [3.05, 3.63) is 59.8 Å². The van der Waals surface area contributed by atoms with Crippen LogP contribution in [0.15, 0.2) is 53.7 Å². The van der Waals surface area contributed by atoms with Crippen LogP contribution >= 0.6 is 11.8 Å². The number of piperidine rings is 1. The summed E-state index contributed by atoms with van der Waals surface area (Å²) in [5.41, 5.74) is 2.10. The van der Waals surface area contributed by atoms with Crippen molar-refractivity contribution in [2.45, 2.75) is 24.3 Å². The molecule has 1 aromatic carbocycles. The molecule has 30 heavy (non-hydrogen) atoms. The van der Waals surface area contributed by atoms with Crippen molar-refractivity contribution in [2.24, 2.45) is 5.92 Å². The van der Waals surface area contributed by atoms with Gasteiger partial charge in [0, 0.05) is 44.7 Å². The second kappa shape index (κ2) is 10.9. The second-order valence-electron chi connectivity index (χ2n) is 8.11. The van der Waals surface area contributed by atoms with E-state index >= 15 is 0 Å². The molecule has 0 spiro atoms. The van der Waals surface area contributed by atoms with Crippen LogP contribution in [0, 0.1) is 5.92 Å². The highest BCUT2D eigenvalue weighted by atomic mass is 32.2. The van der Waals surface area contributed by atoms with Crippen molar-refractivity contribution in [1.29, 1.82) is 0 Å².